The highest BCUT2D eigenvalue weighted by Gasteiger charge is 2.25. The minimum atomic E-state index is -1.20. The Morgan fingerprint density at radius 3 is 2.58 bits per heavy atom. The number of carbonyl (C=O) groups is 2. The fourth-order valence-electron chi connectivity index (χ4n) is 2.74. The number of hydrogen-bond acceptors (Lipinski definition) is 6. The molecular formula is C21H24FN3O6. The number of amides is 1. The number of benzene rings is 2. The van der Waals surface area contributed by atoms with E-state index in [9.17, 15) is 14.0 Å². The lowest BCUT2D eigenvalue weighted by Crippen LogP contribution is -2.31. The molecule has 0 aromatic heterocycles. The van der Waals surface area contributed by atoms with Gasteiger partial charge in [-0.15, -0.1) is 0 Å². The second-order valence-corrected chi connectivity index (χ2v) is 6.36. The molecule has 10 heteroatoms. The van der Waals surface area contributed by atoms with E-state index in [-0.39, 0.29) is 30.3 Å². The number of carboxylic acid groups (broad SMARTS) is 1. The maximum atomic E-state index is 14.4. The van der Waals surface area contributed by atoms with Gasteiger partial charge in [0.15, 0.2) is 12.7 Å². The van der Waals surface area contributed by atoms with Crippen LogP contribution in [0.4, 0.5) is 4.39 Å². The number of ether oxygens (including phenoxy) is 3. The zero-order valence-electron chi connectivity index (χ0n) is 17.1. The van der Waals surface area contributed by atoms with Crippen LogP contribution in [0.15, 0.2) is 36.4 Å². The molecule has 1 amide bonds. The first-order valence-electron chi connectivity index (χ1n) is 9.31. The number of nitrogen functional groups attached to an aromatic ring is 1. The predicted octanol–water partition coefficient (Wildman–Crippen LogP) is 1.98. The summed E-state index contributed by atoms with van der Waals surface area (Å²) >= 11 is 0. The van der Waals surface area contributed by atoms with E-state index in [2.05, 4.69) is 5.32 Å². The first-order chi connectivity index (χ1) is 14.8. The molecule has 0 spiro atoms. The molecule has 166 valence electrons. The van der Waals surface area contributed by atoms with Gasteiger partial charge in [0, 0.05) is 35.9 Å². The molecule has 5 N–H and O–H groups in total. The van der Waals surface area contributed by atoms with Crippen LogP contribution in [0.1, 0.15) is 29.7 Å². The third-order valence-electron chi connectivity index (χ3n) is 4.24. The van der Waals surface area contributed by atoms with Gasteiger partial charge in [0.25, 0.3) is 5.91 Å². The predicted molar refractivity (Wildman–Crippen MR) is 110 cm³/mol. The van der Waals surface area contributed by atoms with Crippen LogP contribution in [0.2, 0.25) is 0 Å². The van der Waals surface area contributed by atoms with E-state index in [4.69, 9.17) is 30.5 Å². The number of hydrogen-bond donors (Lipinski definition) is 4. The number of rotatable bonds is 11. The van der Waals surface area contributed by atoms with Gasteiger partial charge in [-0.3, -0.25) is 10.2 Å². The Kier molecular flexibility index (Phi) is 8.33. The van der Waals surface area contributed by atoms with Crippen LogP contribution in [0, 0.1) is 11.2 Å². The van der Waals surface area contributed by atoms with Crippen LogP contribution in [-0.2, 0) is 20.9 Å². The van der Waals surface area contributed by atoms with Crippen LogP contribution < -0.4 is 20.5 Å². The number of methoxy groups -OCH3 is 1. The van der Waals surface area contributed by atoms with Crippen LogP contribution in [0.5, 0.6) is 11.5 Å². The van der Waals surface area contributed by atoms with Crippen molar-refractivity contribution in [1.82, 2.24) is 5.32 Å². The number of aliphatic carboxylic acids is 1. The van der Waals surface area contributed by atoms with Gasteiger partial charge in [0.05, 0.1) is 7.11 Å². The number of amidine groups is 1. The quantitative estimate of drug-likeness (QED) is 0.313. The molecular weight excluding hydrogens is 409 g/mol. The Bertz CT molecular complexity index is 966. The summed E-state index contributed by atoms with van der Waals surface area (Å²) in [6.07, 6.45) is -1.20. The van der Waals surface area contributed by atoms with Crippen molar-refractivity contribution in [3.05, 3.63) is 58.9 Å². The fraction of sp³-hybridized carbons (Fsp3) is 0.286. The van der Waals surface area contributed by atoms with E-state index in [0.29, 0.717) is 16.9 Å². The van der Waals surface area contributed by atoms with Crippen LogP contribution in [-0.4, -0.2) is 43.1 Å². The summed E-state index contributed by atoms with van der Waals surface area (Å²) in [5, 5.41) is 19.0. The maximum absolute atomic E-state index is 14.4. The molecule has 31 heavy (non-hydrogen) atoms. The summed E-state index contributed by atoms with van der Waals surface area (Å²) in [5.41, 5.74) is 6.30. The zero-order valence-corrected chi connectivity index (χ0v) is 17.1. The number of carboxylic acids is 1. The molecule has 0 heterocycles. The molecule has 2 aromatic carbocycles. The number of halogens is 1. The van der Waals surface area contributed by atoms with Gasteiger partial charge in [-0.05, 0) is 25.1 Å². The third-order valence-corrected chi connectivity index (χ3v) is 4.24. The van der Waals surface area contributed by atoms with Gasteiger partial charge in [-0.2, -0.15) is 0 Å². The third kappa shape index (κ3) is 6.41. The summed E-state index contributed by atoms with van der Waals surface area (Å²) in [7, 11) is 1.41. The van der Waals surface area contributed by atoms with Gasteiger partial charge in [0.1, 0.15) is 23.2 Å². The van der Waals surface area contributed by atoms with Crippen molar-refractivity contribution in [2.45, 2.75) is 19.6 Å². The molecule has 0 aliphatic heterocycles. The van der Waals surface area contributed by atoms with E-state index in [1.807, 2.05) is 0 Å². The van der Waals surface area contributed by atoms with E-state index in [0.717, 1.165) is 6.07 Å². The molecule has 0 saturated heterocycles. The van der Waals surface area contributed by atoms with Crippen molar-refractivity contribution in [2.75, 3.05) is 20.3 Å². The smallest absolute Gasteiger partial charge is 0.341 e. The maximum Gasteiger partial charge on any atom is 0.341 e. The Labute approximate surface area is 178 Å². The summed E-state index contributed by atoms with van der Waals surface area (Å²) in [6, 6.07) is 8.61. The molecule has 0 bridgehead atoms. The lowest BCUT2D eigenvalue weighted by Gasteiger charge is -2.19. The van der Waals surface area contributed by atoms with E-state index < -0.39 is 30.4 Å². The van der Waals surface area contributed by atoms with Gasteiger partial charge < -0.3 is 30.4 Å². The van der Waals surface area contributed by atoms with E-state index in [1.54, 1.807) is 19.1 Å². The lowest BCUT2D eigenvalue weighted by molar-refractivity contribution is -0.139. The second kappa shape index (κ2) is 10.9. The van der Waals surface area contributed by atoms with Gasteiger partial charge in [-0.25, -0.2) is 9.18 Å². The highest BCUT2D eigenvalue weighted by atomic mass is 19.1. The zero-order chi connectivity index (χ0) is 23.0. The Morgan fingerprint density at radius 2 is 2.00 bits per heavy atom. The minimum Gasteiger partial charge on any atom is -0.497 e. The molecule has 1 unspecified atom stereocenters. The van der Waals surface area contributed by atoms with Crippen molar-refractivity contribution >= 4 is 17.7 Å². The first kappa shape index (κ1) is 23.6. The van der Waals surface area contributed by atoms with Crippen molar-refractivity contribution in [3.63, 3.8) is 0 Å². The van der Waals surface area contributed by atoms with Crippen molar-refractivity contribution in [2.24, 2.45) is 5.73 Å². The average Bonchev–Trinajstić information content (AvgIpc) is 2.74. The van der Waals surface area contributed by atoms with Crippen molar-refractivity contribution < 1.29 is 33.3 Å². The number of nitrogens with one attached hydrogen (secondary N) is 2. The van der Waals surface area contributed by atoms with Gasteiger partial charge in [0.2, 0.25) is 0 Å². The van der Waals surface area contributed by atoms with Crippen LogP contribution in [0.3, 0.4) is 0 Å². The topological polar surface area (TPSA) is 144 Å². The van der Waals surface area contributed by atoms with Crippen molar-refractivity contribution in [3.8, 4) is 11.5 Å². The van der Waals surface area contributed by atoms with E-state index >= 15 is 0 Å². The molecule has 0 aliphatic carbocycles. The van der Waals surface area contributed by atoms with E-state index in [1.165, 1.54) is 25.3 Å². The first-order valence-corrected chi connectivity index (χ1v) is 9.31. The van der Waals surface area contributed by atoms with Gasteiger partial charge in [-0.1, -0.05) is 12.1 Å². The number of nitrogens with two attached hydrogens (primary N) is 1. The average molecular weight is 433 g/mol. The molecule has 2 aromatic rings. The highest BCUT2D eigenvalue weighted by molar-refractivity contribution is 5.95. The molecule has 1 atom stereocenters. The summed E-state index contributed by atoms with van der Waals surface area (Å²) in [4.78, 5) is 23.6. The normalized spacial score (nSPS) is 11.5. The highest BCUT2D eigenvalue weighted by Crippen LogP contribution is 2.26. The standard InChI is InChI=1S/C21H24FN3O6/c1-3-30-19(15-7-6-14(29-2)9-16(15)22)21(28)25-10-13-5-4-12(20(23)24)8-17(13)31-11-18(26)27/h4-9,19H,3,10-11H2,1-2H3,(H3,23,24)(H,25,28)(H,26,27). The Hall–Kier alpha value is -3.66. The molecule has 9 nitrogen and oxygen atoms in total. The minimum absolute atomic E-state index is 0.0483. The summed E-state index contributed by atoms with van der Waals surface area (Å²) < 4.78 is 30.1. The summed E-state index contributed by atoms with van der Waals surface area (Å²) in [5.74, 6) is -2.19. The SMILES string of the molecule is CCOC(C(=O)NCc1ccc(C(=N)N)cc1OCC(=O)O)c1ccc(OC)cc1F. The fourth-order valence-corrected chi connectivity index (χ4v) is 2.74. The van der Waals surface area contributed by atoms with Crippen molar-refractivity contribution in [1.29, 1.82) is 5.41 Å². The Morgan fingerprint density at radius 1 is 1.26 bits per heavy atom. The van der Waals surface area contributed by atoms with Gasteiger partial charge >= 0.3 is 5.97 Å². The second-order valence-electron chi connectivity index (χ2n) is 6.36. The largest absolute Gasteiger partial charge is 0.497 e. The monoisotopic (exact) mass is 433 g/mol. The van der Waals surface area contributed by atoms with Crippen LogP contribution >= 0.6 is 0 Å². The lowest BCUT2D eigenvalue weighted by atomic mass is 10.1. The molecule has 0 radical (unpaired) electrons. The van der Waals surface area contributed by atoms with Crippen LogP contribution in [0.25, 0.3) is 0 Å². The molecule has 0 saturated carbocycles. The Balaban J connectivity index is 2.21. The number of carbonyl (C=O) groups excluding carboxylic acids is 1. The molecule has 0 aliphatic rings. The molecule has 0 fully saturated rings. The molecule has 2 rings (SSSR count). The summed E-state index contributed by atoms with van der Waals surface area (Å²) in [6.45, 7) is 1.19.